The van der Waals surface area contributed by atoms with E-state index in [0.29, 0.717) is 30.5 Å². The second kappa shape index (κ2) is 10.2. The van der Waals surface area contributed by atoms with Crippen LogP contribution >= 0.6 is 0 Å². The molecule has 0 radical (unpaired) electrons. The first-order chi connectivity index (χ1) is 16.5. The highest BCUT2D eigenvalue weighted by Crippen LogP contribution is 2.26. The van der Waals surface area contributed by atoms with Crippen molar-refractivity contribution >= 4 is 0 Å². The molecule has 0 bridgehead atoms. The van der Waals surface area contributed by atoms with Crippen molar-refractivity contribution in [3.05, 3.63) is 106 Å². The second-order valence-electron chi connectivity index (χ2n) is 8.25. The van der Waals surface area contributed by atoms with Crippen LogP contribution in [0, 0.1) is 11.3 Å². The van der Waals surface area contributed by atoms with Gasteiger partial charge in [0.1, 0.15) is 11.6 Å². The summed E-state index contributed by atoms with van der Waals surface area (Å²) < 4.78 is 2.16. The van der Waals surface area contributed by atoms with E-state index in [2.05, 4.69) is 34.7 Å². The molecule has 0 fully saturated rings. The lowest BCUT2D eigenvalue weighted by molar-refractivity contribution is 0.475. The Bertz CT molecular complexity index is 1400. The Balaban J connectivity index is 1.77. The number of aryl methyl sites for hydroxylation is 1. The predicted molar refractivity (Wildman–Crippen MR) is 135 cm³/mol. The molecule has 5 heteroatoms. The van der Waals surface area contributed by atoms with Gasteiger partial charge in [0.15, 0.2) is 0 Å². The van der Waals surface area contributed by atoms with Crippen LogP contribution in [0.2, 0.25) is 0 Å². The van der Waals surface area contributed by atoms with Crippen molar-refractivity contribution in [1.82, 2.24) is 9.55 Å². The molecule has 1 heterocycles. The minimum Gasteiger partial charge on any atom is -0.508 e. The van der Waals surface area contributed by atoms with Crippen LogP contribution in [0.15, 0.2) is 77.6 Å². The number of rotatable bonds is 7. The van der Waals surface area contributed by atoms with Gasteiger partial charge in [-0.25, -0.2) is 0 Å². The van der Waals surface area contributed by atoms with Gasteiger partial charge in [-0.15, -0.1) is 0 Å². The van der Waals surface area contributed by atoms with E-state index in [4.69, 9.17) is 0 Å². The molecule has 0 saturated heterocycles. The molecule has 1 N–H and O–H groups in total. The van der Waals surface area contributed by atoms with Gasteiger partial charge >= 0.3 is 0 Å². The maximum absolute atomic E-state index is 13.0. The topological polar surface area (TPSA) is 78.9 Å². The summed E-state index contributed by atoms with van der Waals surface area (Å²) in [6.45, 7) is 4.72. The molecule has 0 aliphatic rings. The third kappa shape index (κ3) is 4.62. The van der Waals surface area contributed by atoms with Gasteiger partial charge in [-0.3, -0.25) is 4.79 Å². The normalized spacial score (nSPS) is 10.7. The van der Waals surface area contributed by atoms with Gasteiger partial charge < -0.3 is 9.67 Å². The molecule has 4 aromatic rings. The van der Waals surface area contributed by atoms with Crippen LogP contribution in [0.5, 0.6) is 5.75 Å². The lowest BCUT2D eigenvalue weighted by Crippen LogP contribution is -2.24. The maximum atomic E-state index is 13.0. The van der Waals surface area contributed by atoms with Crippen LogP contribution in [0.1, 0.15) is 42.9 Å². The number of aromatic hydroxyl groups is 1. The van der Waals surface area contributed by atoms with E-state index in [1.807, 2.05) is 43.3 Å². The molecule has 0 amide bonds. The molecule has 0 unspecified atom stereocenters. The number of phenolic OH excluding ortho intramolecular Hbond substituents is 1. The summed E-state index contributed by atoms with van der Waals surface area (Å²) in [5.41, 5.74) is 5.70. The maximum Gasteiger partial charge on any atom is 0.281 e. The Hall–Kier alpha value is -4.17. The highest BCUT2D eigenvalue weighted by Gasteiger charge is 2.18. The molecule has 34 heavy (non-hydrogen) atoms. The largest absolute Gasteiger partial charge is 0.508 e. The number of hydrogen-bond donors (Lipinski definition) is 1. The average Bonchev–Trinajstić information content (AvgIpc) is 2.86. The molecule has 3 aromatic carbocycles. The van der Waals surface area contributed by atoms with E-state index in [0.717, 1.165) is 40.2 Å². The van der Waals surface area contributed by atoms with Gasteiger partial charge in [0.2, 0.25) is 0 Å². The number of nitriles is 1. The summed E-state index contributed by atoms with van der Waals surface area (Å²) in [7, 11) is 0. The fourth-order valence-electron chi connectivity index (χ4n) is 4.34. The summed E-state index contributed by atoms with van der Waals surface area (Å²) in [4.78, 5) is 17.5. The Morgan fingerprint density at radius 1 is 0.941 bits per heavy atom. The highest BCUT2D eigenvalue weighted by atomic mass is 16.3. The Morgan fingerprint density at radius 2 is 1.62 bits per heavy atom. The fourth-order valence-corrected chi connectivity index (χ4v) is 4.34. The van der Waals surface area contributed by atoms with Crippen molar-refractivity contribution in [3.63, 3.8) is 0 Å². The summed E-state index contributed by atoms with van der Waals surface area (Å²) in [5, 5.41) is 19.1. The van der Waals surface area contributed by atoms with Gasteiger partial charge in [-0.2, -0.15) is 10.2 Å². The molecule has 0 atom stereocenters. The zero-order chi connectivity index (χ0) is 24.1. The average molecular weight is 450 g/mol. The zero-order valence-electron chi connectivity index (χ0n) is 19.5. The second-order valence-corrected chi connectivity index (χ2v) is 8.25. The van der Waals surface area contributed by atoms with Crippen LogP contribution in [0.25, 0.3) is 22.3 Å². The summed E-state index contributed by atoms with van der Waals surface area (Å²) >= 11 is 0. The van der Waals surface area contributed by atoms with Crippen molar-refractivity contribution in [2.75, 3.05) is 0 Å². The molecule has 5 nitrogen and oxygen atoms in total. The minimum absolute atomic E-state index is 0.163. The molecule has 1 aromatic heterocycles. The lowest BCUT2D eigenvalue weighted by atomic mass is 9.99. The first-order valence-corrected chi connectivity index (χ1v) is 11.6. The fraction of sp³-hybridized carbons (Fsp3) is 0.207. The molecule has 0 aliphatic heterocycles. The van der Waals surface area contributed by atoms with E-state index in [9.17, 15) is 15.2 Å². The van der Waals surface area contributed by atoms with E-state index in [-0.39, 0.29) is 11.3 Å². The molecule has 170 valence electrons. The molecule has 0 aliphatic carbocycles. The van der Waals surface area contributed by atoms with Crippen LogP contribution in [0.4, 0.5) is 0 Å². The minimum atomic E-state index is -0.231. The van der Waals surface area contributed by atoms with Gasteiger partial charge in [0.05, 0.1) is 17.2 Å². The van der Waals surface area contributed by atoms with Crippen molar-refractivity contribution in [3.8, 4) is 34.1 Å². The Morgan fingerprint density at radius 3 is 2.26 bits per heavy atom. The molecular formula is C29H27N3O2. The van der Waals surface area contributed by atoms with Gasteiger partial charge in [-0.05, 0) is 53.3 Å². The van der Waals surface area contributed by atoms with Crippen LogP contribution in [-0.4, -0.2) is 14.7 Å². The van der Waals surface area contributed by atoms with Gasteiger partial charge in [-0.1, -0.05) is 68.4 Å². The Kier molecular flexibility index (Phi) is 6.89. The van der Waals surface area contributed by atoms with Gasteiger partial charge in [0, 0.05) is 18.7 Å². The number of nitrogens with zero attached hydrogens (tertiary/aromatic N) is 3. The predicted octanol–water partition coefficient (Wildman–Crippen LogP) is 5.72. The third-order valence-corrected chi connectivity index (χ3v) is 5.99. The van der Waals surface area contributed by atoms with E-state index < -0.39 is 0 Å². The lowest BCUT2D eigenvalue weighted by Gasteiger charge is -2.20. The zero-order valence-corrected chi connectivity index (χ0v) is 19.5. The third-order valence-electron chi connectivity index (χ3n) is 5.99. The van der Waals surface area contributed by atoms with E-state index >= 15 is 0 Å². The first kappa shape index (κ1) is 23.0. The van der Waals surface area contributed by atoms with Crippen molar-refractivity contribution in [2.24, 2.45) is 0 Å². The van der Waals surface area contributed by atoms with Gasteiger partial charge in [0.25, 0.3) is 5.56 Å². The van der Waals surface area contributed by atoms with E-state index in [1.165, 1.54) is 0 Å². The number of phenols is 1. The molecule has 0 spiro atoms. The van der Waals surface area contributed by atoms with Crippen LogP contribution in [-0.2, 0) is 19.4 Å². The highest BCUT2D eigenvalue weighted by molar-refractivity contribution is 5.70. The summed E-state index contributed by atoms with van der Waals surface area (Å²) in [6.07, 6.45) is 2.28. The number of hydrogen-bond acceptors (Lipinski definition) is 4. The SMILES string of the molecule is CCCc1nc(=O)c(-c2ccc(O)cc2)c(CC)n1Cc1ccc(-c2ccccc2C#N)cc1. The van der Waals surface area contributed by atoms with Crippen LogP contribution < -0.4 is 5.56 Å². The van der Waals surface area contributed by atoms with E-state index in [1.54, 1.807) is 24.3 Å². The molecular weight excluding hydrogens is 422 g/mol. The van der Waals surface area contributed by atoms with Crippen molar-refractivity contribution in [2.45, 2.75) is 39.7 Å². The number of aromatic nitrogens is 2. The molecule has 4 rings (SSSR count). The standard InChI is InChI=1S/C29H27N3O2/c1-3-7-27-31-29(34)28(22-14-16-24(33)17-15-22)26(4-2)32(27)19-20-10-12-21(13-11-20)25-9-6-5-8-23(25)18-30/h5-6,8-17,33H,3-4,7,19H2,1-2H3. The van der Waals surface area contributed by atoms with Crippen molar-refractivity contribution in [1.29, 1.82) is 5.26 Å². The monoisotopic (exact) mass is 449 g/mol. The quantitative estimate of drug-likeness (QED) is 0.391. The first-order valence-electron chi connectivity index (χ1n) is 11.6. The Labute approximate surface area is 199 Å². The number of benzene rings is 3. The summed E-state index contributed by atoms with van der Waals surface area (Å²) in [5.74, 6) is 0.946. The smallest absolute Gasteiger partial charge is 0.281 e. The summed E-state index contributed by atoms with van der Waals surface area (Å²) in [6, 6.07) is 24.8. The molecule has 0 saturated carbocycles. The van der Waals surface area contributed by atoms with Crippen LogP contribution in [0.3, 0.4) is 0 Å². The van der Waals surface area contributed by atoms with Crippen molar-refractivity contribution < 1.29 is 5.11 Å².